The molecule has 0 saturated heterocycles. The predicted molar refractivity (Wildman–Crippen MR) is 104 cm³/mol. The molecule has 124 valence electrons. The van der Waals surface area contributed by atoms with Crippen LogP contribution in [0.5, 0.6) is 5.75 Å². The van der Waals surface area contributed by atoms with Crippen molar-refractivity contribution in [2.24, 2.45) is 0 Å². The lowest BCUT2D eigenvalue weighted by Crippen LogP contribution is -1.96. The molecule has 0 saturated carbocycles. The van der Waals surface area contributed by atoms with Gasteiger partial charge in [0.2, 0.25) is 0 Å². The fourth-order valence-corrected chi connectivity index (χ4v) is 4.10. The van der Waals surface area contributed by atoms with Gasteiger partial charge < -0.3 is 5.11 Å². The summed E-state index contributed by atoms with van der Waals surface area (Å²) in [7, 11) is 0. The molecule has 4 rings (SSSR count). The smallest absolute Gasteiger partial charge is 0.122 e. The first kappa shape index (κ1) is 15.7. The van der Waals surface area contributed by atoms with Gasteiger partial charge in [-0.05, 0) is 65.3 Å². The molecular weight excluding hydrogens is 304 g/mol. The third kappa shape index (κ3) is 2.47. The highest BCUT2D eigenvalue weighted by Gasteiger charge is 2.27. The number of fused-ring (bicyclic) bond motifs is 1. The molecule has 25 heavy (non-hydrogen) atoms. The minimum absolute atomic E-state index is 0.259. The van der Waals surface area contributed by atoms with Gasteiger partial charge in [0, 0.05) is 5.92 Å². The minimum atomic E-state index is 0.259. The summed E-state index contributed by atoms with van der Waals surface area (Å²) < 4.78 is 0. The Morgan fingerprint density at radius 2 is 1.48 bits per heavy atom. The number of hydrogen-bond acceptors (Lipinski definition) is 1. The molecule has 0 aromatic heterocycles. The quantitative estimate of drug-likeness (QED) is 0.622. The third-order valence-corrected chi connectivity index (χ3v) is 5.28. The van der Waals surface area contributed by atoms with Crippen LogP contribution >= 0.6 is 0 Å². The first-order valence-electron chi connectivity index (χ1n) is 8.74. The van der Waals surface area contributed by atoms with Gasteiger partial charge in [-0.25, -0.2) is 0 Å². The molecule has 1 nitrogen and oxygen atoms in total. The normalized spacial score (nSPS) is 15.8. The van der Waals surface area contributed by atoms with Crippen molar-refractivity contribution in [3.8, 4) is 5.75 Å². The summed E-state index contributed by atoms with van der Waals surface area (Å²) in [5, 5.41) is 10.5. The maximum Gasteiger partial charge on any atom is 0.122 e. The number of phenols is 1. The predicted octanol–water partition coefficient (Wildman–Crippen LogP) is 5.89. The molecule has 0 fully saturated rings. The van der Waals surface area contributed by atoms with E-state index in [9.17, 15) is 5.11 Å². The van der Waals surface area contributed by atoms with Crippen LogP contribution in [0.15, 0.2) is 66.7 Å². The lowest BCUT2D eigenvalue weighted by atomic mass is 9.90. The molecule has 0 spiro atoms. The van der Waals surface area contributed by atoms with Crippen molar-refractivity contribution in [2.75, 3.05) is 0 Å². The average Bonchev–Trinajstić information content (AvgIpc) is 3.00. The molecule has 0 amide bonds. The monoisotopic (exact) mass is 326 g/mol. The molecule has 0 unspecified atom stereocenters. The van der Waals surface area contributed by atoms with Gasteiger partial charge >= 0.3 is 0 Å². The molecule has 3 aromatic rings. The second kappa shape index (κ2) is 5.93. The van der Waals surface area contributed by atoms with Crippen LogP contribution in [-0.4, -0.2) is 5.11 Å². The SMILES string of the molecule is Cc1cc(C)c(C2=C[C@H](c3ccccc3)c3ccccc32)c(C)c1O. The van der Waals surface area contributed by atoms with Crippen molar-refractivity contribution in [1.29, 1.82) is 0 Å². The zero-order valence-electron chi connectivity index (χ0n) is 14.9. The lowest BCUT2D eigenvalue weighted by molar-refractivity contribution is 0.466. The number of hydrogen-bond donors (Lipinski definition) is 1. The Kier molecular flexibility index (Phi) is 3.73. The van der Waals surface area contributed by atoms with Crippen molar-refractivity contribution >= 4 is 5.57 Å². The maximum absolute atomic E-state index is 10.5. The minimum Gasteiger partial charge on any atom is -0.507 e. The van der Waals surface area contributed by atoms with E-state index in [1.165, 1.54) is 27.8 Å². The van der Waals surface area contributed by atoms with Gasteiger partial charge in [0.15, 0.2) is 0 Å². The number of rotatable bonds is 2. The second-order valence-electron chi connectivity index (χ2n) is 6.91. The lowest BCUT2D eigenvalue weighted by Gasteiger charge is -2.16. The van der Waals surface area contributed by atoms with Crippen molar-refractivity contribution in [3.05, 3.63) is 106 Å². The molecule has 0 aliphatic heterocycles. The van der Waals surface area contributed by atoms with Crippen LogP contribution in [0.1, 0.15) is 44.9 Å². The number of phenolic OH excluding ortho intramolecular Hbond substituents is 1. The van der Waals surface area contributed by atoms with E-state index in [0.29, 0.717) is 5.75 Å². The van der Waals surface area contributed by atoms with Crippen molar-refractivity contribution in [2.45, 2.75) is 26.7 Å². The molecule has 0 heterocycles. The second-order valence-corrected chi connectivity index (χ2v) is 6.91. The molecule has 1 atom stereocenters. The highest BCUT2D eigenvalue weighted by molar-refractivity contribution is 5.90. The highest BCUT2D eigenvalue weighted by Crippen LogP contribution is 2.45. The third-order valence-electron chi connectivity index (χ3n) is 5.28. The zero-order valence-corrected chi connectivity index (χ0v) is 14.9. The molecule has 0 radical (unpaired) electrons. The first-order chi connectivity index (χ1) is 12.1. The van der Waals surface area contributed by atoms with Gasteiger partial charge in [-0.2, -0.15) is 0 Å². The van der Waals surface area contributed by atoms with Gasteiger partial charge in [-0.15, -0.1) is 0 Å². The summed E-state index contributed by atoms with van der Waals surface area (Å²) in [5.74, 6) is 0.664. The van der Waals surface area contributed by atoms with Gasteiger partial charge in [0.05, 0.1) is 0 Å². The number of aromatic hydroxyl groups is 1. The highest BCUT2D eigenvalue weighted by atomic mass is 16.3. The average molecular weight is 326 g/mol. The fraction of sp³-hybridized carbons (Fsp3) is 0.167. The first-order valence-corrected chi connectivity index (χ1v) is 8.74. The van der Waals surface area contributed by atoms with Crippen LogP contribution in [0, 0.1) is 20.8 Å². The largest absolute Gasteiger partial charge is 0.507 e. The standard InChI is InChI=1S/C24H22O/c1-15-13-16(2)24(25)17(3)23(15)22-14-21(18-9-5-4-6-10-18)19-11-7-8-12-20(19)22/h4-14,21,25H,1-3H3/t21-/m1/s1. The summed E-state index contributed by atoms with van der Waals surface area (Å²) in [6.45, 7) is 6.11. The molecule has 0 bridgehead atoms. The van der Waals surface area contributed by atoms with E-state index in [1.54, 1.807) is 0 Å². The Morgan fingerprint density at radius 1 is 0.800 bits per heavy atom. The Hall–Kier alpha value is -2.80. The molecule has 1 aliphatic rings. The Labute approximate surface area is 149 Å². The van der Waals surface area contributed by atoms with Crippen LogP contribution in [0.3, 0.4) is 0 Å². The molecule has 1 N–H and O–H groups in total. The van der Waals surface area contributed by atoms with Crippen molar-refractivity contribution in [3.63, 3.8) is 0 Å². The summed E-state index contributed by atoms with van der Waals surface area (Å²) >= 11 is 0. The van der Waals surface area contributed by atoms with Crippen LogP contribution < -0.4 is 0 Å². The van der Waals surface area contributed by atoms with Crippen LogP contribution in [-0.2, 0) is 0 Å². The Morgan fingerprint density at radius 3 is 2.24 bits per heavy atom. The number of aryl methyl sites for hydroxylation is 2. The van der Waals surface area contributed by atoms with E-state index in [2.05, 4.69) is 73.7 Å². The van der Waals surface area contributed by atoms with Crippen LogP contribution in [0.2, 0.25) is 0 Å². The maximum atomic E-state index is 10.5. The van der Waals surface area contributed by atoms with Gasteiger partial charge in [0.25, 0.3) is 0 Å². The number of allylic oxidation sites excluding steroid dienone is 1. The Bertz CT molecular complexity index is 980. The van der Waals surface area contributed by atoms with Gasteiger partial charge in [-0.3, -0.25) is 0 Å². The fourth-order valence-electron chi connectivity index (χ4n) is 4.10. The van der Waals surface area contributed by atoms with E-state index >= 15 is 0 Å². The molecular formula is C24H22O. The summed E-state index contributed by atoms with van der Waals surface area (Å²) in [5.41, 5.74) is 9.41. The van der Waals surface area contributed by atoms with Crippen LogP contribution in [0.4, 0.5) is 0 Å². The van der Waals surface area contributed by atoms with E-state index < -0.39 is 0 Å². The summed E-state index contributed by atoms with van der Waals surface area (Å²) in [6, 6.07) is 21.3. The Balaban J connectivity index is 1.96. The topological polar surface area (TPSA) is 20.2 Å². The van der Waals surface area contributed by atoms with Crippen molar-refractivity contribution < 1.29 is 5.11 Å². The summed E-state index contributed by atoms with van der Waals surface area (Å²) in [4.78, 5) is 0. The molecule has 3 aromatic carbocycles. The van der Waals surface area contributed by atoms with E-state index in [4.69, 9.17) is 0 Å². The molecule has 1 heteroatoms. The molecule has 1 aliphatic carbocycles. The van der Waals surface area contributed by atoms with Crippen molar-refractivity contribution in [1.82, 2.24) is 0 Å². The van der Waals surface area contributed by atoms with Crippen LogP contribution in [0.25, 0.3) is 5.57 Å². The van der Waals surface area contributed by atoms with E-state index in [1.807, 2.05) is 13.8 Å². The summed E-state index contributed by atoms with van der Waals surface area (Å²) in [6.07, 6.45) is 2.35. The zero-order chi connectivity index (χ0) is 17.6. The van der Waals surface area contributed by atoms with E-state index in [-0.39, 0.29) is 5.92 Å². The van der Waals surface area contributed by atoms with Gasteiger partial charge in [0.1, 0.15) is 5.75 Å². The van der Waals surface area contributed by atoms with E-state index in [0.717, 1.165) is 16.7 Å². The number of benzene rings is 3. The van der Waals surface area contributed by atoms with Gasteiger partial charge in [-0.1, -0.05) is 66.7 Å².